The van der Waals surface area contributed by atoms with Crippen LogP contribution in [0.4, 0.5) is 4.39 Å². The molecule has 0 unspecified atom stereocenters. The highest BCUT2D eigenvalue weighted by Crippen LogP contribution is 2.17. The minimum absolute atomic E-state index is 0.0201. The van der Waals surface area contributed by atoms with Gasteiger partial charge in [-0.15, -0.1) is 0 Å². The second-order valence-corrected chi connectivity index (χ2v) is 3.06. The van der Waals surface area contributed by atoms with E-state index >= 15 is 0 Å². The number of halogens is 2. The normalized spacial score (nSPS) is 10.1. The molecule has 2 nitrogen and oxygen atoms in total. The highest BCUT2D eigenvalue weighted by atomic mass is 35.5. The Kier molecular flexibility index (Phi) is 3.39. The summed E-state index contributed by atoms with van der Waals surface area (Å²) in [6.07, 6.45) is 0.162. The Hall–Kier alpha value is -0.930. The van der Waals surface area contributed by atoms with Crippen LogP contribution in [0.15, 0.2) is 18.2 Å². The zero-order valence-corrected chi connectivity index (χ0v) is 7.64. The molecule has 0 aliphatic carbocycles. The molecule has 1 aromatic rings. The minimum atomic E-state index is -0.408. The number of nitrogens with two attached hydrogens (primary N) is 1. The quantitative estimate of drug-likeness (QED) is 0.807. The van der Waals surface area contributed by atoms with E-state index in [2.05, 4.69) is 0 Å². The SMILES string of the molecule is NCC(=O)Cc1ccc(F)cc1Cl. The standard InChI is InChI=1S/C9H9ClFNO/c10-9-4-7(11)2-1-6(9)3-8(13)5-12/h1-2,4H,3,5,12H2. The van der Waals surface area contributed by atoms with Gasteiger partial charge in [-0.1, -0.05) is 17.7 Å². The van der Waals surface area contributed by atoms with Crippen molar-refractivity contribution in [2.24, 2.45) is 5.73 Å². The highest BCUT2D eigenvalue weighted by molar-refractivity contribution is 6.31. The molecule has 0 atom stereocenters. The van der Waals surface area contributed by atoms with Crippen molar-refractivity contribution in [3.8, 4) is 0 Å². The molecule has 0 fully saturated rings. The number of carbonyl (C=O) groups is 1. The van der Waals surface area contributed by atoms with E-state index in [1.54, 1.807) is 0 Å². The van der Waals surface area contributed by atoms with Gasteiger partial charge in [-0.25, -0.2) is 4.39 Å². The minimum Gasteiger partial charge on any atom is -0.324 e. The van der Waals surface area contributed by atoms with Crippen molar-refractivity contribution in [1.82, 2.24) is 0 Å². The molecule has 0 spiro atoms. The van der Waals surface area contributed by atoms with Crippen LogP contribution in [0.1, 0.15) is 5.56 Å². The summed E-state index contributed by atoms with van der Waals surface area (Å²) in [6, 6.07) is 3.94. The molecule has 2 N–H and O–H groups in total. The van der Waals surface area contributed by atoms with Crippen molar-refractivity contribution < 1.29 is 9.18 Å². The van der Waals surface area contributed by atoms with Gasteiger partial charge < -0.3 is 5.73 Å². The largest absolute Gasteiger partial charge is 0.324 e. The molecule has 0 saturated carbocycles. The Bertz CT molecular complexity index is 327. The molecule has 0 amide bonds. The Morgan fingerprint density at radius 1 is 1.54 bits per heavy atom. The van der Waals surface area contributed by atoms with Crippen molar-refractivity contribution in [2.45, 2.75) is 6.42 Å². The fourth-order valence-electron chi connectivity index (χ4n) is 0.950. The van der Waals surface area contributed by atoms with Gasteiger partial charge in [-0.05, 0) is 17.7 Å². The summed E-state index contributed by atoms with van der Waals surface area (Å²) in [5.74, 6) is -0.526. The fraction of sp³-hybridized carbons (Fsp3) is 0.222. The van der Waals surface area contributed by atoms with Gasteiger partial charge in [0.25, 0.3) is 0 Å². The summed E-state index contributed by atoms with van der Waals surface area (Å²) in [5.41, 5.74) is 5.74. The number of hydrogen-bond donors (Lipinski definition) is 1. The summed E-state index contributed by atoms with van der Waals surface area (Å²) >= 11 is 5.70. The monoisotopic (exact) mass is 201 g/mol. The van der Waals surface area contributed by atoms with E-state index in [1.165, 1.54) is 18.2 Å². The average molecular weight is 202 g/mol. The van der Waals surface area contributed by atoms with Crippen LogP contribution in [0, 0.1) is 5.82 Å². The molecule has 0 aliphatic rings. The van der Waals surface area contributed by atoms with E-state index in [0.29, 0.717) is 5.56 Å². The van der Waals surface area contributed by atoms with Crippen LogP contribution < -0.4 is 5.73 Å². The van der Waals surface area contributed by atoms with Gasteiger partial charge in [-0.3, -0.25) is 4.79 Å². The third kappa shape index (κ3) is 2.79. The van der Waals surface area contributed by atoms with Crippen LogP contribution in [0.5, 0.6) is 0 Å². The number of hydrogen-bond acceptors (Lipinski definition) is 2. The Labute approximate surface area is 80.5 Å². The lowest BCUT2D eigenvalue weighted by Gasteiger charge is -2.01. The molecule has 70 valence electrons. The zero-order valence-electron chi connectivity index (χ0n) is 6.89. The lowest BCUT2D eigenvalue weighted by molar-refractivity contribution is -0.117. The third-order valence-corrected chi connectivity index (χ3v) is 1.98. The number of rotatable bonds is 3. The number of ketones is 1. The van der Waals surface area contributed by atoms with Crippen LogP contribution in [-0.2, 0) is 11.2 Å². The molecule has 0 aromatic heterocycles. The van der Waals surface area contributed by atoms with E-state index in [0.717, 1.165) is 0 Å². The third-order valence-electron chi connectivity index (χ3n) is 1.63. The molecule has 13 heavy (non-hydrogen) atoms. The summed E-state index contributed by atoms with van der Waals surface area (Å²) in [7, 11) is 0. The lowest BCUT2D eigenvalue weighted by Crippen LogP contribution is -2.15. The van der Waals surface area contributed by atoms with Crippen LogP contribution in [-0.4, -0.2) is 12.3 Å². The second kappa shape index (κ2) is 4.35. The number of benzene rings is 1. The van der Waals surface area contributed by atoms with Crippen molar-refractivity contribution in [1.29, 1.82) is 0 Å². The van der Waals surface area contributed by atoms with Gasteiger partial charge in [0.15, 0.2) is 5.78 Å². The van der Waals surface area contributed by atoms with Gasteiger partial charge in [0, 0.05) is 11.4 Å². The topological polar surface area (TPSA) is 43.1 Å². The Morgan fingerprint density at radius 2 is 2.23 bits per heavy atom. The first kappa shape index (κ1) is 10.2. The number of Topliss-reactive ketones (excluding diaryl/α,β-unsaturated/α-hetero) is 1. The molecule has 1 rings (SSSR count). The molecule has 4 heteroatoms. The fourth-order valence-corrected chi connectivity index (χ4v) is 1.18. The summed E-state index contributed by atoms with van der Waals surface area (Å²) in [4.78, 5) is 10.9. The van der Waals surface area contributed by atoms with E-state index < -0.39 is 5.82 Å². The maximum absolute atomic E-state index is 12.6. The lowest BCUT2D eigenvalue weighted by atomic mass is 10.1. The summed E-state index contributed by atoms with van der Waals surface area (Å²) in [5, 5.41) is 0.266. The molecule has 0 bridgehead atoms. The molecule has 0 radical (unpaired) electrons. The first-order chi connectivity index (χ1) is 6.13. The van der Waals surface area contributed by atoms with Crippen LogP contribution in [0.3, 0.4) is 0 Å². The van der Waals surface area contributed by atoms with E-state index in [1.807, 2.05) is 0 Å². The molecule has 1 aromatic carbocycles. The van der Waals surface area contributed by atoms with Crippen LogP contribution >= 0.6 is 11.6 Å². The van der Waals surface area contributed by atoms with Gasteiger partial charge in [0.2, 0.25) is 0 Å². The highest BCUT2D eigenvalue weighted by Gasteiger charge is 2.05. The molecule has 0 saturated heterocycles. The van der Waals surface area contributed by atoms with Crippen molar-refractivity contribution >= 4 is 17.4 Å². The van der Waals surface area contributed by atoms with Crippen molar-refractivity contribution in [3.63, 3.8) is 0 Å². The van der Waals surface area contributed by atoms with Crippen LogP contribution in [0.2, 0.25) is 5.02 Å². The molecule has 0 aliphatic heterocycles. The summed E-state index contributed by atoms with van der Waals surface area (Å²) < 4.78 is 12.6. The summed E-state index contributed by atoms with van der Waals surface area (Å²) in [6.45, 7) is -0.0201. The first-order valence-electron chi connectivity index (χ1n) is 3.79. The average Bonchev–Trinajstić information content (AvgIpc) is 2.09. The van der Waals surface area contributed by atoms with Gasteiger partial charge >= 0.3 is 0 Å². The molecular formula is C9H9ClFNO. The van der Waals surface area contributed by atoms with Crippen molar-refractivity contribution in [3.05, 3.63) is 34.6 Å². The smallest absolute Gasteiger partial charge is 0.150 e. The zero-order chi connectivity index (χ0) is 9.84. The Morgan fingerprint density at radius 3 is 2.77 bits per heavy atom. The maximum Gasteiger partial charge on any atom is 0.150 e. The van der Waals surface area contributed by atoms with E-state index in [-0.39, 0.29) is 23.8 Å². The molecular weight excluding hydrogens is 193 g/mol. The predicted octanol–water partition coefficient (Wildman–Crippen LogP) is 1.55. The van der Waals surface area contributed by atoms with Crippen LogP contribution in [0.25, 0.3) is 0 Å². The number of carbonyl (C=O) groups excluding carboxylic acids is 1. The van der Waals surface area contributed by atoms with E-state index in [4.69, 9.17) is 17.3 Å². The van der Waals surface area contributed by atoms with Crippen molar-refractivity contribution in [2.75, 3.05) is 6.54 Å². The molecule has 0 heterocycles. The van der Waals surface area contributed by atoms with E-state index in [9.17, 15) is 9.18 Å². The second-order valence-electron chi connectivity index (χ2n) is 2.66. The van der Waals surface area contributed by atoms with Gasteiger partial charge in [0.1, 0.15) is 5.82 Å². The van der Waals surface area contributed by atoms with Gasteiger partial charge in [0.05, 0.1) is 6.54 Å². The Balaban J connectivity index is 2.83. The van der Waals surface area contributed by atoms with Gasteiger partial charge in [-0.2, -0.15) is 0 Å². The first-order valence-corrected chi connectivity index (χ1v) is 4.17. The maximum atomic E-state index is 12.6. The predicted molar refractivity (Wildman–Crippen MR) is 49.2 cm³/mol.